The van der Waals surface area contributed by atoms with E-state index in [-0.39, 0.29) is 24.4 Å². The fraction of sp³-hybridized carbons (Fsp3) is 0.421. The quantitative estimate of drug-likeness (QED) is 0.781. The van der Waals surface area contributed by atoms with Crippen LogP contribution in [0.2, 0.25) is 0 Å². The van der Waals surface area contributed by atoms with Gasteiger partial charge in [-0.1, -0.05) is 44.2 Å². The molecule has 2 N–H and O–H groups in total. The largest absolute Gasteiger partial charge is 0.396 e. The molecule has 0 radical (unpaired) electrons. The lowest BCUT2D eigenvalue weighted by atomic mass is 9.94. The smallest absolute Gasteiger partial charge is 0.141 e. The van der Waals surface area contributed by atoms with Crippen LogP contribution < -0.4 is 5.32 Å². The molecule has 1 aromatic carbocycles. The molecule has 2 rings (SSSR count). The molecule has 4 heteroatoms. The second-order valence-corrected chi connectivity index (χ2v) is 6.15. The maximum absolute atomic E-state index is 13.1. The van der Waals surface area contributed by atoms with Gasteiger partial charge in [0.2, 0.25) is 0 Å². The molecule has 23 heavy (non-hydrogen) atoms. The lowest BCUT2D eigenvalue weighted by Gasteiger charge is -2.25. The van der Waals surface area contributed by atoms with Gasteiger partial charge < -0.3 is 10.4 Å². The van der Waals surface area contributed by atoms with Crippen molar-refractivity contribution in [3.63, 3.8) is 0 Å². The molecule has 2 unspecified atom stereocenters. The van der Waals surface area contributed by atoms with E-state index in [4.69, 9.17) is 0 Å². The zero-order valence-corrected chi connectivity index (χ0v) is 13.7. The summed E-state index contributed by atoms with van der Waals surface area (Å²) in [6.07, 6.45) is 1.97. The monoisotopic (exact) mass is 316 g/mol. The lowest BCUT2D eigenvalue weighted by molar-refractivity contribution is 0.269. The predicted octanol–water partition coefficient (Wildman–Crippen LogP) is 3.67. The van der Waals surface area contributed by atoms with Gasteiger partial charge in [0.1, 0.15) is 5.82 Å². The summed E-state index contributed by atoms with van der Waals surface area (Å²) in [5, 5.41) is 12.9. The van der Waals surface area contributed by atoms with Gasteiger partial charge in [0, 0.05) is 13.2 Å². The van der Waals surface area contributed by atoms with Crippen molar-refractivity contribution in [1.82, 2.24) is 10.3 Å². The fourth-order valence-corrected chi connectivity index (χ4v) is 2.79. The van der Waals surface area contributed by atoms with E-state index in [0.717, 1.165) is 12.2 Å². The Kier molecular flexibility index (Phi) is 6.68. The summed E-state index contributed by atoms with van der Waals surface area (Å²) in [5.41, 5.74) is 2.06. The molecule has 1 aromatic heterocycles. The number of aromatic nitrogens is 1. The van der Waals surface area contributed by atoms with Gasteiger partial charge in [-0.25, -0.2) is 4.39 Å². The Labute approximate surface area is 137 Å². The zero-order chi connectivity index (χ0) is 16.7. The SMILES string of the molecule is CC(C)C(NCC(CCO)c1ccccc1)c1ccc(F)cn1. The predicted molar refractivity (Wildman–Crippen MR) is 90.7 cm³/mol. The highest BCUT2D eigenvalue weighted by Gasteiger charge is 2.19. The number of pyridine rings is 1. The topological polar surface area (TPSA) is 45.1 Å². The average Bonchev–Trinajstić information content (AvgIpc) is 2.56. The molecule has 0 aliphatic heterocycles. The number of aliphatic hydroxyl groups excluding tert-OH is 1. The van der Waals surface area contributed by atoms with Crippen molar-refractivity contribution in [1.29, 1.82) is 0 Å². The molecule has 2 aromatic rings. The number of halogens is 1. The number of hydrogen-bond acceptors (Lipinski definition) is 3. The van der Waals surface area contributed by atoms with Gasteiger partial charge in [0.15, 0.2) is 0 Å². The summed E-state index contributed by atoms with van der Waals surface area (Å²) in [5.74, 6) is 0.250. The van der Waals surface area contributed by atoms with E-state index in [2.05, 4.69) is 36.3 Å². The Balaban J connectivity index is 2.08. The lowest BCUT2D eigenvalue weighted by Crippen LogP contribution is -2.31. The van der Waals surface area contributed by atoms with E-state index in [1.54, 1.807) is 6.07 Å². The maximum atomic E-state index is 13.1. The number of rotatable bonds is 8. The number of benzene rings is 1. The van der Waals surface area contributed by atoms with Gasteiger partial charge in [-0.3, -0.25) is 4.98 Å². The molecular weight excluding hydrogens is 291 g/mol. The second-order valence-electron chi connectivity index (χ2n) is 6.15. The van der Waals surface area contributed by atoms with Crippen LogP contribution in [0.25, 0.3) is 0 Å². The van der Waals surface area contributed by atoms with Crippen LogP contribution in [0.3, 0.4) is 0 Å². The van der Waals surface area contributed by atoms with Gasteiger partial charge >= 0.3 is 0 Å². The van der Waals surface area contributed by atoms with E-state index in [1.165, 1.54) is 17.8 Å². The van der Waals surface area contributed by atoms with Crippen molar-refractivity contribution >= 4 is 0 Å². The van der Waals surface area contributed by atoms with Crippen molar-refractivity contribution in [2.24, 2.45) is 5.92 Å². The number of nitrogens with one attached hydrogen (secondary N) is 1. The standard InChI is InChI=1S/C19H25FN2O/c1-14(2)19(18-9-8-17(20)13-21-18)22-12-16(10-11-23)15-6-4-3-5-7-15/h3-9,13-14,16,19,22-23H,10-12H2,1-2H3. The highest BCUT2D eigenvalue weighted by molar-refractivity contribution is 5.20. The minimum absolute atomic E-state index is 0.0560. The molecule has 0 aliphatic rings. The number of hydrogen-bond donors (Lipinski definition) is 2. The van der Waals surface area contributed by atoms with Gasteiger partial charge in [-0.05, 0) is 36.0 Å². The summed E-state index contributed by atoms with van der Waals surface area (Å²) >= 11 is 0. The van der Waals surface area contributed by atoms with Crippen LogP contribution in [-0.2, 0) is 0 Å². The molecule has 0 saturated carbocycles. The van der Waals surface area contributed by atoms with Crippen molar-refractivity contribution in [3.05, 3.63) is 65.7 Å². The summed E-state index contributed by atoms with van der Waals surface area (Å²) in [6.45, 7) is 5.13. The molecule has 124 valence electrons. The minimum Gasteiger partial charge on any atom is -0.396 e. The third kappa shape index (κ3) is 5.12. The summed E-state index contributed by atoms with van der Waals surface area (Å²) in [4.78, 5) is 4.21. The first-order chi connectivity index (χ1) is 11.1. The van der Waals surface area contributed by atoms with E-state index in [0.29, 0.717) is 12.3 Å². The van der Waals surface area contributed by atoms with Gasteiger partial charge in [-0.2, -0.15) is 0 Å². The molecule has 2 atom stereocenters. The third-order valence-electron chi connectivity index (χ3n) is 4.07. The van der Waals surface area contributed by atoms with Gasteiger partial charge in [0.05, 0.1) is 17.9 Å². The van der Waals surface area contributed by atoms with Crippen LogP contribution in [0.5, 0.6) is 0 Å². The van der Waals surface area contributed by atoms with Crippen molar-refractivity contribution in [2.75, 3.05) is 13.2 Å². The van der Waals surface area contributed by atoms with E-state index in [9.17, 15) is 9.50 Å². The molecule has 0 aliphatic carbocycles. The Bertz CT molecular complexity index is 572. The molecule has 0 saturated heterocycles. The van der Waals surface area contributed by atoms with Crippen LogP contribution in [0.15, 0.2) is 48.7 Å². The van der Waals surface area contributed by atoms with E-state index < -0.39 is 0 Å². The highest BCUT2D eigenvalue weighted by atomic mass is 19.1. The Morgan fingerprint density at radius 1 is 1.13 bits per heavy atom. The molecule has 0 bridgehead atoms. The summed E-state index contributed by atoms with van der Waals surface area (Å²) in [6, 6.07) is 13.4. The Morgan fingerprint density at radius 2 is 1.87 bits per heavy atom. The van der Waals surface area contributed by atoms with Crippen LogP contribution in [0.1, 0.15) is 43.5 Å². The third-order valence-corrected chi connectivity index (χ3v) is 4.07. The van der Waals surface area contributed by atoms with Crippen LogP contribution in [0, 0.1) is 11.7 Å². The molecular formula is C19H25FN2O. The van der Waals surface area contributed by atoms with E-state index >= 15 is 0 Å². The first-order valence-electron chi connectivity index (χ1n) is 8.12. The molecule has 3 nitrogen and oxygen atoms in total. The first kappa shape index (κ1) is 17.6. The number of nitrogens with zero attached hydrogens (tertiary/aromatic N) is 1. The maximum Gasteiger partial charge on any atom is 0.141 e. The molecule has 0 amide bonds. The summed E-state index contributed by atoms with van der Waals surface area (Å²) < 4.78 is 13.1. The average molecular weight is 316 g/mol. The Morgan fingerprint density at radius 3 is 2.43 bits per heavy atom. The van der Waals surface area contributed by atoms with Crippen LogP contribution in [-0.4, -0.2) is 23.2 Å². The van der Waals surface area contributed by atoms with Crippen LogP contribution >= 0.6 is 0 Å². The number of aliphatic hydroxyl groups is 1. The van der Waals surface area contributed by atoms with E-state index in [1.807, 2.05) is 18.2 Å². The van der Waals surface area contributed by atoms with Crippen molar-refractivity contribution in [3.8, 4) is 0 Å². The Hall–Kier alpha value is -1.78. The van der Waals surface area contributed by atoms with Crippen molar-refractivity contribution < 1.29 is 9.50 Å². The second kappa shape index (κ2) is 8.75. The zero-order valence-electron chi connectivity index (χ0n) is 13.7. The highest BCUT2D eigenvalue weighted by Crippen LogP contribution is 2.23. The molecule has 1 heterocycles. The van der Waals surface area contributed by atoms with Crippen molar-refractivity contribution in [2.45, 2.75) is 32.2 Å². The van der Waals surface area contributed by atoms with Gasteiger partial charge in [-0.15, -0.1) is 0 Å². The fourth-order valence-electron chi connectivity index (χ4n) is 2.79. The molecule has 0 fully saturated rings. The van der Waals surface area contributed by atoms with Crippen LogP contribution in [0.4, 0.5) is 4.39 Å². The molecule has 0 spiro atoms. The minimum atomic E-state index is -0.321. The normalized spacial score (nSPS) is 14.0. The first-order valence-corrected chi connectivity index (χ1v) is 8.12. The summed E-state index contributed by atoms with van der Waals surface area (Å²) in [7, 11) is 0. The van der Waals surface area contributed by atoms with Gasteiger partial charge in [0.25, 0.3) is 0 Å².